The van der Waals surface area contributed by atoms with Crippen molar-refractivity contribution in [1.82, 2.24) is 10.2 Å². The monoisotopic (exact) mass is 286 g/mol. The van der Waals surface area contributed by atoms with E-state index < -0.39 is 0 Å². The van der Waals surface area contributed by atoms with E-state index in [1.54, 1.807) is 0 Å². The molecule has 0 radical (unpaired) electrons. The molecule has 0 bridgehead atoms. The highest BCUT2D eigenvalue weighted by Gasteiger charge is 2.28. The van der Waals surface area contributed by atoms with Crippen molar-refractivity contribution in [3.63, 3.8) is 0 Å². The van der Waals surface area contributed by atoms with E-state index in [4.69, 9.17) is 0 Å². The predicted octanol–water partition coefficient (Wildman–Crippen LogP) is 3.49. The first-order valence-corrected chi connectivity index (χ1v) is 8.21. The molecule has 2 unspecified atom stereocenters. The number of benzene rings is 1. The maximum Gasteiger partial charge on any atom is 0.0247 e. The highest BCUT2D eigenvalue weighted by molar-refractivity contribution is 5.16. The number of hydrogen-bond acceptors (Lipinski definition) is 2. The molecule has 1 aromatic rings. The fourth-order valence-electron chi connectivity index (χ4n) is 3.10. The lowest BCUT2D eigenvalue weighted by Crippen LogP contribution is -2.58. The molecule has 1 aliphatic heterocycles. The van der Waals surface area contributed by atoms with Gasteiger partial charge < -0.3 is 5.32 Å². The van der Waals surface area contributed by atoms with Crippen LogP contribution in [0.5, 0.6) is 0 Å². The number of allylic oxidation sites excluding steroid dienone is 1. The molecule has 0 saturated carbocycles. The Labute approximate surface area is 130 Å². The summed E-state index contributed by atoms with van der Waals surface area (Å²) in [5.74, 6) is 0.695. The van der Waals surface area contributed by atoms with Gasteiger partial charge in [0.25, 0.3) is 0 Å². The molecule has 1 heterocycles. The fourth-order valence-corrected chi connectivity index (χ4v) is 3.10. The fraction of sp³-hybridized carbons (Fsp3) is 0.579. The average molecular weight is 286 g/mol. The Balaban J connectivity index is 1.99. The van der Waals surface area contributed by atoms with Gasteiger partial charge in [0, 0.05) is 31.7 Å². The second-order valence-electron chi connectivity index (χ2n) is 6.84. The Kier molecular flexibility index (Phi) is 6.01. The second-order valence-corrected chi connectivity index (χ2v) is 6.84. The van der Waals surface area contributed by atoms with Gasteiger partial charge in [0.15, 0.2) is 0 Å². The van der Waals surface area contributed by atoms with Crippen molar-refractivity contribution in [2.75, 3.05) is 19.6 Å². The van der Waals surface area contributed by atoms with E-state index in [0.717, 1.165) is 26.1 Å². The SMILES string of the molecule is CC(C)=CCN1CC(Cc2ccccc2)NCC1C(C)C. The topological polar surface area (TPSA) is 15.3 Å². The van der Waals surface area contributed by atoms with E-state index in [-0.39, 0.29) is 0 Å². The minimum atomic E-state index is 0.563. The van der Waals surface area contributed by atoms with E-state index >= 15 is 0 Å². The summed E-state index contributed by atoms with van der Waals surface area (Å²) in [5.41, 5.74) is 2.84. The van der Waals surface area contributed by atoms with Gasteiger partial charge in [-0.25, -0.2) is 0 Å². The molecule has 1 saturated heterocycles. The molecule has 0 aromatic heterocycles. The van der Waals surface area contributed by atoms with Gasteiger partial charge in [0.2, 0.25) is 0 Å². The summed E-state index contributed by atoms with van der Waals surface area (Å²) in [5, 5.41) is 3.75. The standard InChI is InChI=1S/C19H30N2/c1-15(2)10-11-21-14-18(20-13-19(21)16(3)4)12-17-8-6-5-7-9-17/h5-10,16,18-20H,11-14H2,1-4H3. The third-order valence-corrected chi connectivity index (χ3v) is 4.37. The van der Waals surface area contributed by atoms with Gasteiger partial charge >= 0.3 is 0 Å². The highest BCUT2D eigenvalue weighted by Crippen LogP contribution is 2.17. The van der Waals surface area contributed by atoms with E-state index in [1.165, 1.54) is 11.1 Å². The second kappa shape index (κ2) is 7.77. The zero-order valence-corrected chi connectivity index (χ0v) is 14.0. The number of hydrogen-bond donors (Lipinski definition) is 1. The Morgan fingerprint density at radius 3 is 2.62 bits per heavy atom. The molecule has 1 aromatic carbocycles. The summed E-state index contributed by atoms with van der Waals surface area (Å²) in [6, 6.07) is 12.0. The van der Waals surface area contributed by atoms with Crippen molar-refractivity contribution in [2.24, 2.45) is 5.92 Å². The largest absolute Gasteiger partial charge is 0.311 e. The van der Waals surface area contributed by atoms with Crippen molar-refractivity contribution in [1.29, 1.82) is 0 Å². The maximum absolute atomic E-state index is 3.75. The number of nitrogens with zero attached hydrogens (tertiary/aromatic N) is 1. The maximum atomic E-state index is 3.75. The van der Waals surface area contributed by atoms with Crippen molar-refractivity contribution in [3.05, 3.63) is 47.5 Å². The third-order valence-electron chi connectivity index (χ3n) is 4.37. The predicted molar refractivity (Wildman–Crippen MR) is 91.6 cm³/mol. The molecular weight excluding hydrogens is 256 g/mol. The number of rotatable bonds is 5. The minimum absolute atomic E-state index is 0.563. The molecule has 2 rings (SSSR count). The van der Waals surface area contributed by atoms with Crippen LogP contribution >= 0.6 is 0 Å². The minimum Gasteiger partial charge on any atom is -0.311 e. The van der Waals surface area contributed by atoms with E-state index in [0.29, 0.717) is 18.0 Å². The van der Waals surface area contributed by atoms with E-state index in [9.17, 15) is 0 Å². The van der Waals surface area contributed by atoms with Crippen molar-refractivity contribution >= 4 is 0 Å². The van der Waals surface area contributed by atoms with E-state index in [2.05, 4.69) is 74.3 Å². The summed E-state index contributed by atoms with van der Waals surface area (Å²) in [7, 11) is 0. The lowest BCUT2D eigenvalue weighted by atomic mass is 9.96. The van der Waals surface area contributed by atoms with Crippen LogP contribution in [0.1, 0.15) is 33.3 Å². The molecule has 2 nitrogen and oxygen atoms in total. The van der Waals surface area contributed by atoms with Crippen LogP contribution in [0.4, 0.5) is 0 Å². The molecule has 116 valence electrons. The van der Waals surface area contributed by atoms with Gasteiger partial charge in [-0.2, -0.15) is 0 Å². The summed E-state index contributed by atoms with van der Waals surface area (Å²) in [4.78, 5) is 2.65. The van der Waals surface area contributed by atoms with Crippen LogP contribution in [0.2, 0.25) is 0 Å². The van der Waals surface area contributed by atoms with Gasteiger partial charge in [-0.05, 0) is 31.7 Å². The quantitative estimate of drug-likeness (QED) is 0.834. The molecule has 2 atom stereocenters. The summed E-state index contributed by atoms with van der Waals surface area (Å²) in [6.07, 6.45) is 3.48. The van der Waals surface area contributed by atoms with Gasteiger partial charge in [-0.15, -0.1) is 0 Å². The zero-order valence-electron chi connectivity index (χ0n) is 14.0. The number of piperazine rings is 1. The molecule has 1 N–H and O–H groups in total. The molecule has 21 heavy (non-hydrogen) atoms. The lowest BCUT2D eigenvalue weighted by molar-refractivity contribution is 0.111. The van der Waals surface area contributed by atoms with Crippen LogP contribution in [0, 0.1) is 5.92 Å². The molecule has 0 spiro atoms. The van der Waals surface area contributed by atoms with Gasteiger partial charge in [-0.3, -0.25) is 4.90 Å². The number of nitrogens with one attached hydrogen (secondary N) is 1. The molecule has 1 aliphatic rings. The first-order chi connectivity index (χ1) is 10.1. The molecule has 1 fully saturated rings. The third kappa shape index (κ3) is 4.98. The Bertz CT molecular complexity index is 446. The zero-order chi connectivity index (χ0) is 15.2. The molecule has 0 amide bonds. The summed E-state index contributed by atoms with van der Waals surface area (Å²) < 4.78 is 0. The van der Waals surface area contributed by atoms with Crippen LogP contribution in [0.3, 0.4) is 0 Å². The molecular formula is C19H30N2. The smallest absolute Gasteiger partial charge is 0.0247 e. The van der Waals surface area contributed by atoms with Gasteiger partial charge in [0.05, 0.1) is 0 Å². The van der Waals surface area contributed by atoms with Crippen molar-refractivity contribution in [3.8, 4) is 0 Å². The van der Waals surface area contributed by atoms with E-state index in [1.807, 2.05) is 0 Å². The van der Waals surface area contributed by atoms with Crippen molar-refractivity contribution < 1.29 is 0 Å². The first-order valence-electron chi connectivity index (χ1n) is 8.21. The Morgan fingerprint density at radius 1 is 1.29 bits per heavy atom. The normalized spacial score (nSPS) is 23.3. The lowest BCUT2D eigenvalue weighted by Gasteiger charge is -2.42. The summed E-state index contributed by atoms with van der Waals surface area (Å²) in [6.45, 7) is 12.4. The molecule has 2 heteroatoms. The van der Waals surface area contributed by atoms with Crippen LogP contribution in [0.25, 0.3) is 0 Å². The van der Waals surface area contributed by atoms with Gasteiger partial charge in [-0.1, -0.05) is 55.8 Å². The van der Waals surface area contributed by atoms with Gasteiger partial charge in [0.1, 0.15) is 0 Å². The average Bonchev–Trinajstić information content (AvgIpc) is 2.46. The highest BCUT2D eigenvalue weighted by atomic mass is 15.2. The first kappa shape index (κ1) is 16.3. The Hall–Kier alpha value is -1.12. The van der Waals surface area contributed by atoms with Crippen LogP contribution in [0.15, 0.2) is 42.0 Å². The van der Waals surface area contributed by atoms with Crippen LogP contribution < -0.4 is 5.32 Å². The van der Waals surface area contributed by atoms with Crippen LogP contribution in [-0.2, 0) is 6.42 Å². The van der Waals surface area contributed by atoms with Crippen molar-refractivity contribution in [2.45, 2.75) is 46.2 Å². The summed E-state index contributed by atoms with van der Waals surface area (Å²) >= 11 is 0. The Morgan fingerprint density at radius 2 is 2.00 bits per heavy atom. The van der Waals surface area contributed by atoms with Crippen LogP contribution in [-0.4, -0.2) is 36.6 Å². The molecule has 0 aliphatic carbocycles.